The van der Waals surface area contributed by atoms with E-state index >= 15 is 0 Å². The van der Waals surface area contributed by atoms with E-state index in [0.717, 1.165) is 12.8 Å². The van der Waals surface area contributed by atoms with Gasteiger partial charge in [-0.15, -0.1) is 10.2 Å². The Hall–Kier alpha value is -3.43. The van der Waals surface area contributed by atoms with Crippen molar-refractivity contribution in [2.45, 2.75) is 59.0 Å². The number of hydrogen-bond acceptors (Lipinski definition) is 8. The maximum atomic E-state index is 12.7. The molecule has 1 saturated heterocycles. The number of rotatable bonds is 10. The molecule has 1 aromatic carbocycles. The minimum absolute atomic E-state index is 0.0392. The molecule has 10 nitrogen and oxygen atoms in total. The van der Waals surface area contributed by atoms with Crippen LogP contribution in [0.1, 0.15) is 52.1 Å². The van der Waals surface area contributed by atoms with Gasteiger partial charge in [0.25, 0.3) is 5.56 Å². The number of amides is 1. The molecule has 2 unspecified atom stereocenters. The predicted octanol–water partition coefficient (Wildman–Crippen LogP) is 2.75. The number of aryl methyl sites for hydroxylation is 1. The average Bonchev–Trinajstić information content (AvgIpc) is 2.88. The lowest BCUT2D eigenvalue weighted by Crippen LogP contribution is -2.43. The highest BCUT2D eigenvalue weighted by Crippen LogP contribution is 2.32. The predicted molar refractivity (Wildman–Crippen MR) is 129 cm³/mol. The monoisotopic (exact) mass is 486 g/mol. The van der Waals surface area contributed by atoms with Gasteiger partial charge in [-0.25, -0.2) is 0 Å². The van der Waals surface area contributed by atoms with E-state index in [9.17, 15) is 14.4 Å². The molecule has 0 radical (unpaired) electrons. The lowest BCUT2D eigenvalue weighted by atomic mass is 9.98. The van der Waals surface area contributed by atoms with E-state index < -0.39 is 5.56 Å². The summed E-state index contributed by atoms with van der Waals surface area (Å²) in [4.78, 5) is 41.7. The van der Waals surface area contributed by atoms with Crippen molar-refractivity contribution in [2.24, 2.45) is 5.92 Å². The van der Waals surface area contributed by atoms with Gasteiger partial charge < -0.3 is 24.1 Å². The van der Waals surface area contributed by atoms with Crippen LogP contribution in [0, 0.1) is 5.92 Å². The largest absolute Gasteiger partial charge is 0.493 e. The number of nitrogens with one attached hydrogen (secondary N) is 1. The Balaban J connectivity index is 1.64. The van der Waals surface area contributed by atoms with E-state index in [-0.39, 0.29) is 42.4 Å². The van der Waals surface area contributed by atoms with Gasteiger partial charge in [-0.2, -0.15) is 0 Å². The van der Waals surface area contributed by atoms with Crippen molar-refractivity contribution < 1.29 is 23.8 Å². The van der Waals surface area contributed by atoms with Gasteiger partial charge in [0.15, 0.2) is 17.3 Å². The zero-order chi connectivity index (χ0) is 25.4. The number of nitrogens with zero attached hydrogens (tertiary/aromatic N) is 3. The summed E-state index contributed by atoms with van der Waals surface area (Å²) in [5.41, 5.74) is 0.415. The normalized spacial score (nSPS) is 16.5. The van der Waals surface area contributed by atoms with Gasteiger partial charge in [0.2, 0.25) is 5.91 Å². The molecule has 1 aliphatic rings. The molecule has 1 amide bonds. The number of methoxy groups -OCH3 is 1. The van der Waals surface area contributed by atoms with Crippen molar-refractivity contribution in [2.75, 3.05) is 26.8 Å². The third-order valence-corrected chi connectivity index (χ3v) is 6.07. The summed E-state index contributed by atoms with van der Waals surface area (Å²) in [5, 5.41) is 8.22. The van der Waals surface area contributed by atoms with Crippen molar-refractivity contribution in [3.8, 4) is 22.9 Å². The number of aromatic nitrogens is 3. The zero-order valence-electron chi connectivity index (χ0n) is 20.8. The van der Waals surface area contributed by atoms with E-state index in [1.807, 2.05) is 13.8 Å². The van der Waals surface area contributed by atoms with Crippen LogP contribution in [0.3, 0.4) is 0 Å². The number of aromatic amines is 1. The average molecular weight is 487 g/mol. The highest BCUT2D eigenvalue weighted by molar-refractivity contribution is 5.78. The molecule has 1 fully saturated rings. The zero-order valence-corrected chi connectivity index (χ0v) is 20.8. The molecular formula is C25H34N4O6. The lowest BCUT2D eigenvalue weighted by Gasteiger charge is -2.31. The highest BCUT2D eigenvalue weighted by atomic mass is 16.5. The summed E-state index contributed by atoms with van der Waals surface area (Å²) < 4.78 is 16.4. The molecule has 10 heteroatoms. The second-order valence-corrected chi connectivity index (χ2v) is 8.58. The van der Waals surface area contributed by atoms with E-state index in [1.165, 1.54) is 0 Å². The number of carbonyl (C=O) groups is 2. The van der Waals surface area contributed by atoms with Crippen LogP contribution in [0.15, 0.2) is 23.0 Å². The van der Waals surface area contributed by atoms with Crippen molar-refractivity contribution in [3.05, 3.63) is 34.2 Å². The molecule has 2 heterocycles. The maximum absolute atomic E-state index is 12.7. The summed E-state index contributed by atoms with van der Waals surface area (Å²) >= 11 is 0. The number of hydrogen-bond donors (Lipinski definition) is 1. The number of piperidine rings is 1. The molecule has 0 saturated carbocycles. The van der Waals surface area contributed by atoms with Crippen LogP contribution in [0.5, 0.6) is 11.5 Å². The Morgan fingerprint density at radius 1 is 1.23 bits per heavy atom. The third-order valence-electron chi connectivity index (χ3n) is 6.07. The fourth-order valence-electron chi connectivity index (χ4n) is 3.91. The first kappa shape index (κ1) is 26.2. The Kier molecular flexibility index (Phi) is 9.22. The summed E-state index contributed by atoms with van der Waals surface area (Å²) in [6.45, 7) is 7.04. The minimum atomic E-state index is -0.398. The molecule has 1 aliphatic heterocycles. The van der Waals surface area contributed by atoms with E-state index in [2.05, 4.69) is 15.2 Å². The second-order valence-electron chi connectivity index (χ2n) is 8.58. The van der Waals surface area contributed by atoms with Crippen LogP contribution >= 0.6 is 0 Å². The Morgan fingerprint density at radius 3 is 2.71 bits per heavy atom. The maximum Gasteiger partial charge on any atom is 0.310 e. The van der Waals surface area contributed by atoms with Crippen LogP contribution in [0.2, 0.25) is 0 Å². The van der Waals surface area contributed by atoms with Crippen LogP contribution in [0.4, 0.5) is 0 Å². The summed E-state index contributed by atoms with van der Waals surface area (Å²) in [6.07, 6.45) is 2.63. The first-order chi connectivity index (χ1) is 16.9. The van der Waals surface area contributed by atoms with Crippen LogP contribution in [-0.2, 0) is 20.7 Å². The standard InChI is InChI=1S/C25H34N4O6/c1-5-16(3)35-20-11-9-17(14-21(20)33-4)23-26-24(31)19(27-28-23)10-12-22(30)29-13-7-8-18(15-29)25(32)34-6-2/h9,11,14,16,18H,5-8,10,12-13,15H2,1-4H3,(H,26,28,31). The van der Waals surface area contributed by atoms with E-state index in [0.29, 0.717) is 49.0 Å². The van der Waals surface area contributed by atoms with Crippen molar-refractivity contribution in [1.29, 1.82) is 0 Å². The molecule has 0 spiro atoms. The molecule has 1 aromatic heterocycles. The van der Waals surface area contributed by atoms with Gasteiger partial charge in [-0.05, 0) is 51.3 Å². The molecule has 1 N–H and O–H groups in total. The van der Waals surface area contributed by atoms with Gasteiger partial charge >= 0.3 is 5.97 Å². The first-order valence-corrected chi connectivity index (χ1v) is 12.1. The topological polar surface area (TPSA) is 124 Å². The van der Waals surface area contributed by atoms with Gasteiger partial charge in [0, 0.05) is 31.5 Å². The third kappa shape index (κ3) is 6.80. The summed E-state index contributed by atoms with van der Waals surface area (Å²) in [6, 6.07) is 5.28. The number of likely N-dealkylation sites (tertiary alicyclic amines) is 1. The van der Waals surface area contributed by atoms with Gasteiger partial charge in [0.05, 0.1) is 25.7 Å². The van der Waals surface area contributed by atoms with Crippen LogP contribution in [-0.4, -0.2) is 64.9 Å². The number of ether oxygens (including phenoxy) is 3. The van der Waals surface area contributed by atoms with Crippen molar-refractivity contribution >= 4 is 11.9 Å². The van der Waals surface area contributed by atoms with Crippen LogP contribution < -0.4 is 15.0 Å². The number of benzene rings is 1. The fraction of sp³-hybridized carbons (Fsp3) is 0.560. The Labute approximate surface area is 205 Å². The molecule has 0 aliphatic carbocycles. The van der Waals surface area contributed by atoms with E-state index in [1.54, 1.807) is 37.1 Å². The SMILES string of the molecule is CCOC(=O)C1CCCN(C(=O)CCc2nnc(-c3ccc(OC(C)CC)c(OC)c3)[nH]c2=O)C1. The number of H-pyrrole nitrogens is 1. The molecule has 190 valence electrons. The van der Waals surface area contributed by atoms with E-state index in [4.69, 9.17) is 14.2 Å². The van der Waals surface area contributed by atoms with Crippen molar-refractivity contribution in [3.63, 3.8) is 0 Å². The molecular weight excluding hydrogens is 452 g/mol. The number of carbonyl (C=O) groups excluding carboxylic acids is 2. The quantitative estimate of drug-likeness (QED) is 0.509. The first-order valence-electron chi connectivity index (χ1n) is 12.1. The highest BCUT2D eigenvalue weighted by Gasteiger charge is 2.29. The Morgan fingerprint density at radius 2 is 2.03 bits per heavy atom. The van der Waals surface area contributed by atoms with Gasteiger partial charge in [0.1, 0.15) is 5.69 Å². The smallest absolute Gasteiger partial charge is 0.310 e. The lowest BCUT2D eigenvalue weighted by molar-refractivity contribution is -0.151. The molecule has 3 rings (SSSR count). The molecule has 35 heavy (non-hydrogen) atoms. The van der Waals surface area contributed by atoms with Crippen LogP contribution in [0.25, 0.3) is 11.4 Å². The summed E-state index contributed by atoms with van der Waals surface area (Å²) in [7, 11) is 1.55. The fourth-order valence-corrected chi connectivity index (χ4v) is 3.91. The Bertz CT molecular complexity index is 1090. The molecule has 0 bridgehead atoms. The number of esters is 1. The van der Waals surface area contributed by atoms with Crippen molar-refractivity contribution in [1.82, 2.24) is 20.1 Å². The molecule has 2 aromatic rings. The second kappa shape index (κ2) is 12.3. The minimum Gasteiger partial charge on any atom is -0.493 e. The van der Waals surface area contributed by atoms with Gasteiger partial charge in [-0.1, -0.05) is 6.92 Å². The summed E-state index contributed by atoms with van der Waals surface area (Å²) in [5.74, 6) is 0.757. The van der Waals surface area contributed by atoms with Gasteiger partial charge in [-0.3, -0.25) is 14.4 Å². The molecule has 2 atom stereocenters.